The molecule has 1 aliphatic rings. The molecule has 3 N–H and O–H groups in total. The summed E-state index contributed by atoms with van der Waals surface area (Å²) in [6, 6.07) is 17.2. The zero-order valence-corrected chi connectivity index (χ0v) is 18.0. The average Bonchev–Trinajstić information content (AvgIpc) is 2.83. The number of nitrogens with one attached hydrogen (secondary N) is 2. The Bertz CT molecular complexity index is 1100. The number of anilines is 1. The van der Waals surface area contributed by atoms with Crippen LogP contribution in [-0.2, 0) is 9.59 Å². The topological polar surface area (TPSA) is 101 Å². The van der Waals surface area contributed by atoms with Crippen molar-refractivity contribution in [1.29, 1.82) is 0 Å². The van der Waals surface area contributed by atoms with Gasteiger partial charge in [-0.1, -0.05) is 31.0 Å². The number of hydroxylamine groups is 1. The SMILES string of the molecule is CC(Oc1ccc2ncccc2c1)c1ccc(NC(=O)[C@H]2CCCC[C@@H]2C(=O)NO)cc1. The van der Waals surface area contributed by atoms with Crippen molar-refractivity contribution in [3.63, 3.8) is 0 Å². The Morgan fingerprint density at radius 3 is 2.47 bits per heavy atom. The van der Waals surface area contributed by atoms with Crippen LogP contribution in [0, 0.1) is 11.8 Å². The molecule has 1 heterocycles. The van der Waals surface area contributed by atoms with Crippen LogP contribution in [0.2, 0.25) is 0 Å². The van der Waals surface area contributed by atoms with Gasteiger partial charge in [0.05, 0.1) is 11.4 Å². The highest BCUT2D eigenvalue weighted by molar-refractivity contribution is 5.96. The zero-order valence-electron chi connectivity index (χ0n) is 18.0. The van der Waals surface area contributed by atoms with Gasteiger partial charge < -0.3 is 10.1 Å². The third-order valence-electron chi connectivity index (χ3n) is 6.08. The van der Waals surface area contributed by atoms with Gasteiger partial charge in [0, 0.05) is 23.2 Å². The minimum absolute atomic E-state index is 0.176. The van der Waals surface area contributed by atoms with Crippen molar-refractivity contribution >= 4 is 28.4 Å². The molecule has 4 rings (SSSR count). The maximum atomic E-state index is 12.8. The fraction of sp³-hybridized carbons (Fsp3) is 0.320. The van der Waals surface area contributed by atoms with E-state index in [9.17, 15) is 9.59 Å². The van der Waals surface area contributed by atoms with E-state index in [4.69, 9.17) is 9.94 Å². The van der Waals surface area contributed by atoms with Crippen LogP contribution in [0.3, 0.4) is 0 Å². The first kappa shape index (κ1) is 21.8. The molecular weight excluding hydrogens is 406 g/mol. The van der Waals surface area contributed by atoms with E-state index in [1.165, 1.54) is 0 Å². The van der Waals surface area contributed by atoms with Crippen molar-refractivity contribution < 1.29 is 19.5 Å². The molecule has 1 fully saturated rings. The number of nitrogens with zero attached hydrogens (tertiary/aromatic N) is 1. The van der Waals surface area contributed by atoms with Crippen LogP contribution in [0.25, 0.3) is 10.9 Å². The Balaban J connectivity index is 1.39. The van der Waals surface area contributed by atoms with Crippen molar-refractivity contribution in [3.05, 3.63) is 66.4 Å². The van der Waals surface area contributed by atoms with Gasteiger partial charge in [-0.05, 0) is 61.7 Å². The molecule has 0 spiro atoms. The summed E-state index contributed by atoms with van der Waals surface area (Å²) >= 11 is 0. The van der Waals surface area contributed by atoms with Crippen molar-refractivity contribution in [2.75, 3.05) is 5.32 Å². The van der Waals surface area contributed by atoms with Gasteiger partial charge in [-0.25, -0.2) is 5.48 Å². The predicted molar refractivity (Wildman–Crippen MR) is 121 cm³/mol. The maximum Gasteiger partial charge on any atom is 0.247 e. The predicted octanol–water partition coefficient (Wildman–Crippen LogP) is 4.63. The summed E-state index contributed by atoms with van der Waals surface area (Å²) in [5, 5.41) is 12.9. The van der Waals surface area contributed by atoms with E-state index in [-0.39, 0.29) is 12.0 Å². The first-order chi connectivity index (χ1) is 15.5. The Hall–Kier alpha value is -3.45. The summed E-state index contributed by atoms with van der Waals surface area (Å²) < 4.78 is 6.09. The molecule has 7 nitrogen and oxygen atoms in total. The van der Waals surface area contributed by atoms with Crippen molar-refractivity contribution in [2.45, 2.75) is 38.7 Å². The minimum Gasteiger partial charge on any atom is -0.486 e. The smallest absolute Gasteiger partial charge is 0.247 e. The summed E-state index contributed by atoms with van der Waals surface area (Å²) in [6.45, 7) is 1.97. The van der Waals surface area contributed by atoms with Gasteiger partial charge >= 0.3 is 0 Å². The van der Waals surface area contributed by atoms with E-state index in [2.05, 4.69) is 10.3 Å². The van der Waals surface area contributed by atoms with Crippen LogP contribution in [-0.4, -0.2) is 22.0 Å². The molecule has 3 atom stereocenters. The lowest BCUT2D eigenvalue weighted by atomic mass is 9.78. The molecule has 3 aromatic rings. The number of fused-ring (bicyclic) bond motifs is 1. The van der Waals surface area contributed by atoms with Crippen molar-refractivity contribution in [1.82, 2.24) is 10.5 Å². The zero-order chi connectivity index (χ0) is 22.5. The number of hydrogen-bond acceptors (Lipinski definition) is 5. The maximum absolute atomic E-state index is 12.8. The van der Waals surface area contributed by atoms with Crippen LogP contribution in [0.1, 0.15) is 44.3 Å². The van der Waals surface area contributed by atoms with Gasteiger partial charge in [0.2, 0.25) is 11.8 Å². The van der Waals surface area contributed by atoms with Crippen LogP contribution in [0.15, 0.2) is 60.8 Å². The summed E-state index contributed by atoms with van der Waals surface area (Å²) in [7, 11) is 0. The number of aromatic nitrogens is 1. The van der Waals surface area contributed by atoms with E-state index in [0.717, 1.165) is 35.1 Å². The molecule has 1 aliphatic carbocycles. The highest BCUT2D eigenvalue weighted by atomic mass is 16.5. The summed E-state index contributed by atoms with van der Waals surface area (Å²) in [6.07, 6.45) is 4.59. The molecule has 2 amide bonds. The van der Waals surface area contributed by atoms with Gasteiger partial charge in [-0.3, -0.25) is 19.8 Å². The lowest BCUT2D eigenvalue weighted by Gasteiger charge is -2.28. The molecule has 0 radical (unpaired) electrons. The van der Waals surface area contributed by atoms with Crippen molar-refractivity contribution in [2.24, 2.45) is 11.8 Å². The van der Waals surface area contributed by atoms with Gasteiger partial charge in [0.15, 0.2) is 0 Å². The lowest BCUT2D eigenvalue weighted by molar-refractivity contribution is -0.140. The first-order valence-corrected chi connectivity index (χ1v) is 10.9. The Morgan fingerprint density at radius 1 is 1.03 bits per heavy atom. The molecule has 166 valence electrons. The van der Waals surface area contributed by atoms with Gasteiger partial charge in [0.25, 0.3) is 0 Å². The fourth-order valence-corrected chi connectivity index (χ4v) is 4.31. The Kier molecular flexibility index (Phi) is 6.66. The second kappa shape index (κ2) is 9.78. The monoisotopic (exact) mass is 433 g/mol. The normalized spacial score (nSPS) is 19.2. The quantitative estimate of drug-likeness (QED) is 0.389. The number of rotatable bonds is 6. The third-order valence-corrected chi connectivity index (χ3v) is 6.08. The number of amides is 2. The van der Waals surface area contributed by atoms with Crippen LogP contribution < -0.4 is 15.5 Å². The standard InChI is InChI=1S/C25H27N3O4/c1-16(32-20-12-13-23-18(15-20)5-4-14-26-23)17-8-10-19(11-9-17)27-24(29)21-6-2-3-7-22(21)25(30)28-31/h4-5,8-16,21-22,31H,2-3,6-7H2,1H3,(H,27,29)(H,28,30)/t16?,21-,22-/m0/s1. The fourth-order valence-electron chi connectivity index (χ4n) is 4.31. The molecule has 7 heteroatoms. The second-order valence-corrected chi connectivity index (χ2v) is 8.20. The average molecular weight is 434 g/mol. The van der Waals surface area contributed by atoms with Gasteiger partial charge in [0.1, 0.15) is 11.9 Å². The van der Waals surface area contributed by atoms with E-state index in [1.54, 1.807) is 11.7 Å². The van der Waals surface area contributed by atoms with Crippen LogP contribution in [0.5, 0.6) is 5.75 Å². The minimum atomic E-state index is -0.501. The molecule has 1 saturated carbocycles. The molecule has 32 heavy (non-hydrogen) atoms. The van der Waals surface area contributed by atoms with Gasteiger partial charge in [-0.2, -0.15) is 0 Å². The summed E-state index contributed by atoms with van der Waals surface area (Å²) in [4.78, 5) is 29.0. The van der Waals surface area contributed by atoms with E-state index >= 15 is 0 Å². The number of ether oxygens (including phenoxy) is 1. The molecule has 0 saturated heterocycles. The highest BCUT2D eigenvalue weighted by Crippen LogP contribution is 2.31. The van der Waals surface area contributed by atoms with E-state index < -0.39 is 17.7 Å². The first-order valence-electron chi connectivity index (χ1n) is 10.9. The Morgan fingerprint density at radius 2 is 1.75 bits per heavy atom. The molecule has 0 aliphatic heterocycles. The van der Waals surface area contributed by atoms with Crippen LogP contribution in [0.4, 0.5) is 5.69 Å². The van der Waals surface area contributed by atoms with E-state index in [1.807, 2.05) is 61.5 Å². The highest BCUT2D eigenvalue weighted by Gasteiger charge is 2.35. The number of carbonyl (C=O) groups excluding carboxylic acids is 2. The molecule has 0 bridgehead atoms. The molecule has 1 unspecified atom stereocenters. The number of pyridine rings is 1. The number of benzene rings is 2. The van der Waals surface area contributed by atoms with Crippen LogP contribution >= 0.6 is 0 Å². The molecule has 1 aromatic heterocycles. The molecular formula is C25H27N3O4. The second-order valence-electron chi connectivity index (χ2n) is 8.20. The van der Waals surface area contributed by atoms with E-state index in [0.29, 0.717) is 18.5 Å². The lowest BCUT2D eigenvalue weighted by Crippen LogP contribution is -2.40. The van der Waals surface area contributed by atoms with Gasteiger partial charge in [-0.15, -0.1) is 0 Å². The molecule has 2 aromatic carbocycles. The largest absolute Gasteiger partial charge is 0.486 e. The third kappa shape index (κ3) is 4.89. The number of hydrogen-bond donors (Lipinski definition) is 3. The summed E-state index contributed by atoms with van der Waals surface area (Å²) in [5.74, 6) is -0.865. The Labute approximate surface area is 186 Å². The number of carbonyl (C=O) groups is 2. The van der Waals surface area contributed by atoms with Crippen molar-refractivity contribution in [3.8, 4) is 5.75 Å². The summed E-state index contributed by atoms with van der Waals surface area (Å²) in [5.41, 5.74) is 4.26.